The van der Waals surface area contributed by atoms with E-state index in [0.29, 0.717) is 12.0 Å². The summed E-state index contributed by atoms with van der Waals surface area (Å²) in [6.45, 7) is 5.98. The highest BCUT2D eigenvalue weighted by Gasteiger charge is 2.36. The number of nitrogens with zero attached hydrogens (tertiary/aromatic N) is 3. The minimum atomic E-state index is -0.543. The van der Waals surface area contributed by atoms with Crippen molar-refractivity contribution in [1.82, 2.24) is 14.9 Å². The fourth-order valence-electron chi connectivity index (χ4n) is 3.01. The number of aliphatic hydroxyl groups is 1. The maximum atomic E-state index is 10.7. The van der Waals surface area contributed by atoms with Gasteiger partial charge in [-0.1, -0.05) is 13.8 Å². The maximum Gasteiger partial charge on any atom is 0.204 e. The highest BCUT2D eigenvalue weighted by molar-refractivity contribution is 5.30. The molecule has 0 spiro atoms. The molecule has 1 fully saturated rings. The predicted molar refractivity (Wildman–Crippen MR) is 86.4 cm³/mol. The van der Waals surface area contributed by atoms with E-state index in [9.17, 15) is 5.11 Å². The fourth-order valence-corrected chi connectivity index (χ4v) is 3.01. The van der Waals surface area contributed by atoms with Crippen molar-refractivity contribution in [1.29, 1.82) is 0 Å². The standard InChI is InChI=1S/C16H30N4O/c1-15(2)6-8-16(21,9-7-15)12-17-10-13-11-18-14(19(3)4)20(13)5/h11,17,21H,6-10,12H2,1-5H3. The number of nitrogens with one attached hydrogen (secondary N) is 1. The van der Waals surface area contributed by atoms with Crippen LogP contribution >= 0.6 is 0 Å². The van der Waals surface area contributed by atoms with E-state index in [2.05, 4.69) is 28.7 Å². The second-order valence-corrected chi connectivity index (χ2v) is 7.50. The molecule has 2 N–H and O–H groups in total. The van der Waals surface area contributed by atoms with Gasteiger partial charge in [0.15, 0.2) is 0 Å². The fraction of sp³-hybridized carbons (Fsp3) is 0.812. The zero-order chi connectivity index (χ0) is 15.7. The van der Waals surface area contributed by atoms with E-state index in [4.69, 9.17) is 0 Å². The molecule has 0 amide bonds. The van der Waals surface area contributed by atoms with Gasteiger partial charge in [-0.15, -0.1) is 0 Å². The molecule has 0 saturated heterocycles. The lowest BCUT2D eigenvalue weighted by atomic mass is 9.71. The van der Waals surface area contributed by atoms with E-state index < -0.39 is 5.60 Å². The first-order valence-corrected chi connectivity index (χ1v) is 7.83. The van der Waals surface area contributed by atoms with Crippen LogP contribution in [0.3, 0.4) is 0 Å². The third kappa shape index (κ3) is 3.98. The molecule has 1 saturated carbocycles. The number of aromatic nitrogens is 2. The van der Waals surface area contributed by atoms with Gasteiger partial charge in [0.1, 0.15) is 0 Å². The molecule has 1 aliphatic rings. The summed E-state index contributed by atoms with van der Waals surface area (Å²) < 4.78 is 2.08. The van der Waals surface area contributed by atoms with Gasteiger partial charge in [0, 0.05) is 34.2 Å². The molecular weight excluding hydrogens is 264 g/mol. The molecule has 5 heteroatoms. The van der Waals surface area contributed by atoms with Crippen LogP contribution in [0.1, 0.15) is 45.2 Å². The average molecular weight is 294 g/mol. The Balaban J connectivity index is 1.85. The van der Waals surface area contributed by atoms with Gasteiger partial charge in [-0.05, 0) is 31.1 Å². The summed E-state index contributed by atoms with van der Waals surface area (Å²) in [5, 5.41) is 14.1. The lowest BCUT2D eigenvalue weighted by molar-refractivity contribution is -0.0245. The van der Waals surface area contributed by atoms with Crippen molar-refractivity contribution in [2.24, 2.45) is 12.5 Å². The Morgan fingerprint density at radius 2 is 1.90 bits per heavy atom. The van der Waals surface area contributed by atoms with Crippen LogP contribution in [0.5, 0.6) is 0 Å². The molecule has 0 unspecified atom stereocenters. The second kappa shape index (κ2) is 5.97. The third-order valence-electron chi connectivity index (χ3n) is 4.75. The normalized spacial score (nSPS) is 20.5. The molecule has 0 aliphatic heterocycles. The van der Waals surface area contributed by atoms with Crippen LogP contribution < -0.4 is 10.2 Å². The van der Waals surface area contributed by atoms with E-state index in [1.165, 1.54) is 0 Å². The van der Waals surface area contributed by atoms with Crippen molar-refractivity contribution in [3.05, 3.63) is 11.9 Å². The molecule has 0 radical (unpaired) electrons. The molecule has 1 aromatic heterocycles. The Morgan fingerprint density at radius 1 is 1.29 bits per heavy atom. The first-order valence-electron chi connectivity index (χ1n) is 7.83. The first-order chi connectivity index (χ1) is 9.72. The van der Waals surface area contributed by atoms with Crippen molar-refractivity contribution in [3.8, 4) is 0 Å². The van der Waals surface area contributed by atoms with Gasteiger partial charge >= 0.3 is 0 Å². The average Bonchev–Trinajstić information content (AvgIpc) is 2.76. The van der Waals surface area contributed by atoms with E-state index >= 15 is 0 Å². The quantitative estimate of drug-likeness (QED) is 0.871. The highest BCUT2D eigenvalue weighted by atomic mass is 16.3. The molecule has 120 valence electrons. The molecule has 1 aromatic rings. The monoisotopic (exact) mass is 294 g/mol. The van der Waals surface area contributed by atoms with Crippen molar-refractivity contribution in [2.75, 3.05) is 25.5 Å². The van der Waals surface area contributed by atoms with Crippen LogP contribution in [0, 0.1) is 5.41 Å². The van der Waals surface area contributed by atoms with Gasteiger partial charge in [-0.2, -0.15) is 0 Å². The summed E-state index contributed by atoms with van der Waals surface area (Å²) in [5.41, 5.74) is 0.978. The lowest BCUT2D eigenvalue weighted by Crippen LogP contribution is -2.45. The minimum absolute atomic E-state index is 0.384. The van der Waals surface area contributed by atoms with E-state index in [1.807, 2.05) is 32.2 Å². The second-order valence-electron chi connectivity index (χ2n) is 7.50. The number of imidazole rings is 1. The van der Waals surface area contributed by atoms with Gasteiger partial charge in [0.25, 0.3) is 0 Å². The lowest BCUT2D eigenvalue weighted by Gasteiger charge is -2.40. The largest absolute Gasteiger partial charge is 0.389 e. The van der Waals surface area contributed by atoms with Crippen LogP contribution in [0.15, 0.2) is 6.20 Å². The van der Waals surface area contributed by atoms with Gasteiger partial charge in [0.2, 0.25) is 5.95 Å². The molecule has 0 aromatic carbocycles. The van der Waals surface area contributed by atoms with E-state index in [-0.39, 0.29) is 0 Å². The van der Waals surface area contributed by atoms with E-state index in [0.717, 1.165) is 43.9 Å². The molecule has 1 heterocycles. The van der Waals surface area contributed by atoms with Gasteiger partial charge in [-0.25, -0.2) is 4.98 Å². The molecule has 0 atom stereocenters. The molecule has 5 nitrogen and oxygen atoms in total. The Kier molecular flexibility index (Phi) is 4.63. The van der Waals surface area contributed by atoms with Crippen LogP contribution in [0.2, 0.25) is 0 Å². The summed E-state index contributed by atoms with van der Waals surface area (Å²) in [5.74, 6) is 0.949. The van der Waals surface area contributed by atoms with Crippen LogP contribution in [-0.4, -0.2) is 40.9 Å². The number of hydrogen-bond acceptors (Lipinski definition) is 4. The zero-order valence-corrected chi connectivity index (χ0v) is 14.1. The molecule has 2 rings (SSSR count). The highest BCUT2D eigenvalue weighted by Crippen LogP contribution is 2.39. The van der Waals surface area contributed by atoms with Gasteiger partial charge < -0.3 is 19.9 Å². The maximum absolute atomic E-state index is 10.7. The number of rotatable bonds is 5. The smallest absolute Gasteiger partial charge is 0.204 e. The topological polar surface area (TPSA) is 53.3 Å². The van der Waals surface area contributed by atoms with Crippen molar-refractivity contribution < 1.29 is 5.11 Å². The molecule has 1 aliphatic carbocycles. The van der Waals surface area contributed by atoms with Crippen molar-refractivity contribution in [3.63, 3.8) is 0 Å². The third-order valence-corrected chi connectivity index (χ3v) is 4.75. The van der Waals surface area contributed by atoms with E-state index in [1.54, 1.807) is 0 Å². The summed E-state index contributed by atoms with van der Waals surface area (Å²) in [4.78, 5) is 6.40. The Bertz CT molecular complexity index is 469. The summed E-state index contributed by atoms with van der Waals surface area (Å²) in [6.07, 6.45) is 5.88. The summed E-state index contributed by atoms with van der Waals surface area (Å²) in [7, 11) is 6.01. The van der Waals surface area contributed by atoms with Gasteiger partial charge in [0.05, 0.1) is 17.5 Å². The SMILES string of the molecule is CN(C)c1ncc(CNCC2(O)CCC(C)(C)CC2)n1C. The van der Waals surface area contributed by atoms with Crippen molar-refractivity contribution >= 4 is 5.95 Å². The summed E-state index contributed by atoms with van der Waals surface area (Å²) >= 11 is 0. The van der Waals surface area contributed by atoms with Crippen LogP contribution in [0.25, 0.3) is 0 Å². The van der Waals surface area contributed by atoms with Crippen LogP contribution in [0.4, 0.5) is 5.95 Å². The molecule has 0 bridgehead atoms. The Morgan fingerprint density at radius 3 is 2.43 bits per heavy atom. The Labute approximate surface area is 128 Å². The number of hydrogen-bond donors (Lipinski definition) is 2. The Hall–Kier alpha value is -1.07. The minimum Gasteiger partial charge on any atom is -0.389 e. The molecule has 21 heavy (non-hydrogen) atoms. The number of anilines is 1. The predicted octanol–water partition coefficient (Wildman–Crippen LogP) is 1.91. The van der Waals surface area contributed by atoms with Gasteiger partial charge in [-0.3, -0.25) is 0 Å². The van der Waals surface area contributed by atoms with Crippen LogP contribution in [-0.2, 0) is 13.6 Å². The first kappa shape index (κ1) is 16.3. The van der Waals surface area contributed by atoms with Crippen molar-refractivity contribution in [2.45, 2.75) is 51.7 Å². The molecular formula is C16H30N4O. The zero-order valence-electron chi connectivity index (χ0n) is 14.1. The summed E-state index contributed by atoms with van der Waals surface area (Å²) in [6, 6.07) is 0.